The maximum atomic E-state index is 13.6. The summed E-state index contributed by atoms with van der Waals surface area (Å²) in [6.45, 7) is 2.15. The first-order valence-corrected chi connectivity index (χ1v) is 8.75. The highest BCUT2D eigenvalue weighted by Crippen LogP contribution is 2.21. The molecule has 140 valence electrons. The number of halogens is 1. The number of carbonyl (C=O) groups is 1. The fraction of sp³-hybridized carbons (Fsp3) is 0.316. The largest absolute Gasteiger partial charge is 0.476 e. The smallest absolute Gasteiger partial charge is 0.276 e. The third-order valence-corrected chi connectivity index (χ3v) is 4.64. The van der Waals surface area contributed by atoms with Crippen LogP contribution in [0, 0.1) is 11.7 Å². The maximum Gasteiger partial charge on any atom is 0.276 e. The van der Waals surface area contributed by atoms with Gasteiger partial charge in [0.2, 0.25) is 5.88 Å². The van der Waals surface area contributed by atoms with Crippen LogP contribution in [-0.2, 0) is 13.1 Å². The second kappa shape index (κ2) is 7.61. The van der Waals surface area contributed by atoms with Gasteiger partial charge in [0.1, 0.15) is 6.26 Å². The van der Waals surface area contributed by atoms with Gasteiger partial charge in [0.15, 0.2) is 17.9 Å². The van der Waals surface area contributed by atoms with Gasteiger partial charge in [-0.25, -0.2) is 14.4 Å². The van der Waals surface area contributed by atoms with Crippen molar-refractivity contribution in [3.63, 3.8) is 0 Å². The van der Waals surface area contributed by atoms with E-state index >= 15 is 0 Å². The van der Waals surface area contributed by atoms with Gasteiger partial charge in [0.05, 0.1) is 13.2 Å². The Bertz CT molecular complexity index is 909. The molecule has 0 aliphatic carbocycles. The van der Waals surface area contributed by atoms with Crippen molar-refractivity contribution in [2.24, 2.45) is 5.92 Å². The number of fused-ring (bicyclic) bond motifs is 1. The minimum Gasteiger partial charge on any atom is -0.476 e. The van der Waals surface area contributed by atoms with Crippen LogP contribution < -0.4 is 4.74 Å². The molecule has 0 saturated carbocycles. The molecule has 0 spiro atoms. The van der Waals surface area contributed by atoms with Crippen LogP contribution in [0.2, 0.25) is 0 Å². The van der Waals surface area contributed by atoms with Gasteiger partial charge in [0, 0.05) is 31.2 Å². The third kappa shape index (κ3) is 3.84. The molecular weight excluding hydrogens is 351 g/mol. The van der Waals surface area contributed by atoms with Crippen LogP contribution in [-0.4, -0.2) is 38.5 Å². The van der Waals surface area contributed by atoms with Crippen molar-refractivity contribution in [3.8, 4) is 5.88 Å². The van der Waals surface area contributed by atoms with Crippen LogP contribution >= 0.6 is 0 Å². The fourth-order valence-corrected chi connectivity index (χ4v) is 3.30. The minimum atomic E-state index is -0.478. The molecule has 0 unspecified atom stereocenters. The molecular formula is C19H19FN4O3. The van der Waals surface area contributed by atoms with Gasteiger partial charge in [-0.05, 0) is 36.6 Å². The summed E-state index contributed by atoms with van der Waals surface area (Å²) in [6.07, 6.45) is 6.77. The number of oxazole rings is 1. The zero-order chi connectivity index (χ0) is 18.6. The van der Waals surface area contributed by atoms with Crippen LogP contribution in [0.3, 0.4) is 0 Å². The average Bonchev–Trinajstić information content (AvgIpc) is 3.32. The minimum absolute atomic E-state index is 0.00306. The normalized spacial score (nSPS) is 16.6. The van der Waals surface area contributed by atoms with Crippen molar-refractivity contribution in [1.82, 2.24) is 19.4 Å². The van der Waals surface area contributed by atoms with Gasteiger partial charge >= 0.3 is 0 Å². The molecule has 0 aromatic carbocycles. The third-order valence-electron chi connectivity index (χ3n) is 4.64. The number of ether oxygens (including phenoxy) is 1. The molecule has 7 nitrogen and oxygen atoms in total. The molecule has 8 heteroatoms. The number of aromatic nitrogens is 3. The van der Waals surface area contributed by atoms with E-state index < -0.39 is 5.82 Å². The summed E-state index contributed by atoms with van der Waals surface area (Å²) >= 11 is 0. The highest BCUT2D eigenvalue weighted by molar-refractivity contribution is 5.91. The lowest BCUT2D eigenvalue weighted by Gasteiger charge is -2.23. The molecule has 0 N–H and O–H groups in total. The first-order chi connectivity index (χ1) is 13.2. The average molecular weight is 370 g/mol. The number of amides is 1. The molecule has 0 saturated heterocycles. The Morgan fingerprint density at radius 3 is 3.04 bits per heavy atom. The summed E-state index contributed by atoms with van der Waals surface area (Å²) in [7, 11) is 0. The monoisotopic (exact) mass is 370 g/mol. The second-order valence-electron chi connectivity index (χ2n) is 6.50. The molecule has 1 amide bonds. The first-order valence-electron chi connectivity index (χ1n) is 8.75. The predicted octanol–water partition coefficient (Wildman–Crippen LogP) is 2.75. The van der Waals surface area contributed by atoms with Crippen LogP contribution in [0.5, 0.6) is 5.88 Å². The Kier molecular flexibility index (Phi) is 4.86. The zero-order valence-electron chi connectivity index (χ0n) is 14.6. The van der Waals surface area contributed by atoms with Crippen LogP contribution in [0.1, 0.15) is 22.6 Å². The van der Waals surface area contributed by atoms with E-state index in [9.17, 15) is 9.18 Å². The van der Waals surface area contributed by atoms with Gasteiger partial charge in [0.25, 0.3) is 5.91 Å². The lowest BCUT2D eigenvalue weighted by Crippen LogP contribution is -2.34. The lowest BCUT2D eigenvalue weighted by molar-refractivity contribution is 0.0706. The lowest BCUT2D eigenvalue weighted by atomic mass is 10.1. The highest BCUT2D eigenvalue weighted by atomic mass is 19.1. The number of rotatable bonds is 5. The fourth-order valence-electron chi connectivity index (χ4n) is 3.30. The number of carbonyl (C=O) groups excluding carboxylic acids is 1. The van der Waals surface area contributed by atoms with Crippen LogP contribution in [0.25, 0.3) is 0 Å². The van der Waals surface area contributed by atoms with Crippen LogP contribution in [0.15, 0.2) is 53.7 Å². The summed E-state index contributed by atoms with van der Waals surface area (Å²) in [5, 5.41) is 0. The van der Waals surface area contributed by atoms with Crippen molar-refractivity contribution >= 4 is 5.91 Å². The molecule has 1 atom stereocenters. The van der Waals surface area contributed by atoms with Gasteiger partial charge in [-0.2, -0.15) is 0 Å². The molecule has 4 rings (SSSR count). The van der Waals surface area contributed by atoms with E-state index in [1.165, 1.54) is 31.0 Å². The molecule has 4 heterocycles. The summed E-state index contributed by atoms with van der Waals surface area (Å²) in [5.41, 5.74) is 1.35. The Labute approximate surface area is 155 Å². The van der Waals surface area contributed by atoms with Gasteiger partial charge in [-0.1, -0.05) is 0 Å². The predicted molar refractivity (Wildman–Crippen MR) is 93.5 cm³/mol. The molecule has 1 aliphatic rings. The van der Waals surface area contributed by atoms with E-state index in [1.807, 2.05) is 18.3 Å². The van der Waals surface area contributed by atoms with E-state index in [0.29, 0.717) is 31.8 Å². The van der Waals surface area contributed by atoms with E-state index in [-0.39, 0.29) is 17.7 Å². The molecule has 0 radical (unpaired) electrons. The quantitative estimate of drug-likeness (QED) is 0.690. The van der Waals surface area contributed by atoms with Crippen molar-refractivity contribution in [2.75, 3.05) is 13.2 Å². The summed E-state index contributed by atoms with van der Waals surface area (Å²) < 4.78 is 26.2. The van der Waals surface area contributed by atoms with Gasteiger partial charge in [-0.15, -0.1) is 0 Å². The van der Waals surface area contributed by atoms with E-state index in [0.717, 1.165) is 12.2 Å². The van der Waals surface area contributed by atoms with Crippen molar-refractivity contribution in [3.05, 3.63) is 66.5 Å². The number of nitrogens with zero attached hydrogens (tertiary/aromatic N) is 4. The van der Waals surface area contributed by atoms with Crippen molar-refractivity contribution in [2.45, 2.75) is 19.5 Å². The summed E-state index contributed by atoms with van der Waals surface area (Å²) in [5.74, 6) is -0.487. The van der Waals surface area contributed by atoms with E-state index in [4.69, 9.17) is 9.15 Å². The molecule has 3 aromatic heterocycles. The van der Waals surface area contributed by atoms with E-state index in [2.05, 4.69) is 14.5 Å². The Morgan fingerprint density at radius 2 is 2.22 bits per heavy atom. The zero-order valence-corrected chi connectivity index (χ0v) is 14.6. The molecule has 1 aliphatic heterocycles. The Morgan fingerprint density at radius 1 is 1.30 bits per heavy atom. The molecule has 0 fully saturated rings. The summed E-state index contributed by atoms with van der Waals surface area (Å²) in [6, 6.07) is 6.81. The van der Waals surface area contributed by atoms with Crippen molar-refractivity contribution in [1.29, 1.82) is 0 Å². The van der Waals surface area contributed by atoms with E-state index in [1.54, 1.807) is 4.90 Å². The topological polar surface area (TPSA) is 73.4 Å². The number of pyridine rings is 1. The Hall–Kier alpha value is -3.16. The van der Waals surface area contributed by atoms with Gasteiger partial charge in [-0.3, -0.25) is 4.79 Å². The van der Waals surface area contributed by atoms with Crippen molar-refractivity contribution < 1.29 is 18.3 Å². The number of hydrogen-bond donors (Lipinski definition) is 0. The first kappa shape index (κ1) is 17.3. The summed E-state index contributed by atoms with van der Waals surface area (Å²) in [4.78, 5) is 22.4. The van der Waals surface area contributed by atoms with Crippen LogP contribution in [0.4, 0.5) is 4.39 Å². The second-order valence-corrected chi connectivity index (χ2v) is 6.50. The molecule has 0 bridgehead atoms. The van der Waals surface area contributed by atoms with Gasteiger partial charge < -0.3 is 18.6 Å². The molecule has 3 aromatic rings. The standard InChI is InChI=1S/C19H19FN4O3/c20-16-4-1-6-21-18(16)27-8-5-14-9-23-7-2-3-15(23)11-24(10-14)19(25)17-12-26-13-22-17/h1-4,6-7,12-14H,5,8-11H2/t14-/m0/s1. The maximum absolute atomic E-state index is 13.6. The Balaban J connectivity index is 1.45. The SMILES string of the molecule is O=C(c1cocn1)N1Cc2cccn2C[C@H](CCOc2ncccc2F)C1. The molecule has 27 heavy (non-hydrogen) atoms. The number of hydrogen-bond acceptors (Lipinski definition) is 5. The highest BCUT2D eigenvalue weighted by Gasteiger charge is 2.26.